The second-order valence-corrected chi connectivity index (χ2v) is 4.40. The van der Waals surface area contributed by atoms with Gasteiger partial charge in [-0.15, -0.1) is 0 Å². The van der Waals surface area contributed by atoms with Crippen LogP contribution in [0.15, 0.2) is 47.5 Å². The average molecular weight is 308 g/mol. The smallest absolute Gasteiger partial charge is 0.264 e. The number of halogens is 2. The predicted molar refractivity (Wildman–Crippen MR) is 67.2 cm³/mol. The quantitative estimate of drug-likeness (QED) is 0.728. The molecule has 3 rings (SSSR count). The van der Waals surface area contributed by atoms with E-state index in [1.807, 2.05) is 0 Å². The Hall–Kier alpha value is -1.95. The van der Waals surface area contributed by atoms with E-state index in [0.717, 1.165) is 0 Å². The Bertz CT molecular complexity index is 713. The van der Waals surface area contributed by atoms with Gasteiger partial charge in [-0.1, -0.05) is 6.07 Å². The van der Waals surface area contributed by atoms with Crippen LogP contribution in [0.2, 0.25) is 0 Å². The first-order chi connectivity index (χ1) is 8.72. The first-order valence-corrected chi connectivity index (χ1v) is 5.94. The molecule has 0 aliphatic heterocycles. The third-order valence-corrected chi connectivity index (χ3v) is 2.71. The van der Waals surface area contributed by atoms with Crippen molar-refractivity contribution >= 4 is 21.6 Å². The van der Waals surface area contributed by atoms with E-state index in [-0.39, 0.29) is 5.82 Å². The summed E-state index contributed by atoms with van der Waals surface area (Å²) < 4.78 is 21.0. The lowest BCUT2D eigenvalue weighted by Crippen LogP contribution is -1.94. The maximum atomic E-state index is 13.1. The van der Waals surface area contributed by atoms with Gasteiger partial charge in [0.05, 0.1) is 0 Å². The average Bonchev–Trinajstić information content (AvgIpc) is 2.77. The van der Waals surface area contributed by atoms with Crippen LogP contribution in [0.25, 0.3) is 5.65 Å². The molecule has 0 amide bonds. The Labute approximate surface area is 110 Å². The summed E-state index contributed by atoms with van der Waals surface area (Å²) in [7, 11) is 0. The van der Waals surface area contributed by atoms with E-state index < -0.39 is 0 Å². The van der Waals surface area contributed by atoms with Crippen molar-refractivity contribution in [1.82, 2.24) is 14.4 Å². The van der Waals surface area contributed by atoms with E-state index in [0.29, 0.717) is 21.9 Å². The molecule has 6 heteroatoms. The summed E-state index contributed by atoms with van der Waals surface area (Å²) >= 11 is 3.28. The van der Waals surface area contributed by atoms with E-state index >= 15 is 0 Å². The van der Waals surface area contributed by atoms with Gasteiger partial charge in [0.1, 0.15) is 16.2 Å². The van der Waals surface area contributed by atoms with Crippen LogP contribution in [-0.2, 0) is 0 Å². The van der Waals surface area contributed by atoms with Gasteiger partial charge in [-0.2, -0.15) is 0 Å². The van der Waals surface area contributed by atoms with Crippen molar-refractivity contribution in [3.05, 3.63) is 53.3 Å². The Morgan fingerprint density at radius 1 is 1.33 bits per heavy atom. The molecule has 0 radical (unpaired) electrons. The monoisotopic (exact) mass is 307 g/mol. The number of aromatic nitrogens is 3. The highest BCUT2D eigenvalue weighted by Gasteiger charge is 2.09. The molecule has 0 bridgehead atoms. The minimum absolute atomic E-state index is 0.319. The third-order valence-electron chi connectivity index (χ3n) is 2.32. The van der Waals surface area contributed by atoms with Gasteiger partial charge >= 0.3 is 0 Å². The van der Waals surface area contributed by atoms with Crippen molar-refractivity contribution < 1.29 is 9.13 Å². The SMILES string of the molecule is Fc1cccc(Oc2nc(Br)cn3ccnc23)c1. The van der Waals surface area contributed by atoms with E-state index in [1.54, 1.807) is 35.1 Å². The van der Waals surface area contributed by atoms with Crippen LogP contribution in [-0.4, -0.2) is 14.4 Å². The van der Waals surface area contributed by atoms with Crippen LogP contribution in [0.1, 0.15) is 0 Å². The van der Waals surface area contributed by atoms with Crippen molar-refractivity contribution in [2.75, 3.05) is 0 Å². The molecule has 4 nitrogen and oxygen atoms in total. The summed E-state index contributed by atoms with van der Waals surface area (Å²) in [5.74, 6) is 0.340. The standard InChI is InChI=1S/C12H7BrFN3O/c13-10-7-17-5-4-15-11(17)12(16-10)18-9-3-1-2-8(14)6-9/h1-7H. The fourth-order valence-electron chi connectivity index (χ4n) is 1.58. The van der Waals surface area contributed by atoms with Crippen LogP contribution in [0, 0.1) is 5.82 Å². The van der Waals surface area contributed by atoms with E-state index in [9.17, 15) is 4.39 Å². The molecule has 0 fully saturated rings. The molecule has 18 heavy (non-hydrogen) atoms. The van der Waals surface area contributed by atoms with Crippen LogP contribution >= 0.6 is 15.9 Å². The number of hydrogen-bond donors (Lipinski definition) is 0. The lowest BCUT2D eigenvalue weighted by molar-refractivity contribution is 0.459. The van der Waals surface area contributed by atoms with Crippen LogP contribution in [0.3, 0.4) is 0 Å². The van der Waals surface area contributed by atoms with Gasteiger partial charge in [0.2, 0.25) is 5.65 Å². The fraction of sp³-hybridized carbons (Fsp3) is 0. The molecule has 2 heterocycles. The highest BCUT2D eigenvalue weighted by atomic mass is 79.9. The minimum atomic E-state index is -0.359. The van der Waals surface area contributed by atoms with Crippen LogP contribution in [0.5, 0.6) is 11.6 Å². The lowest BCUT2D eigenvalue weighted by Gasteiger charge is -2.06. The Balaban J connectivity index is 2.06. The Morgan fingerprint density at radius 2 is 2.22 bits per heavy atom. The molecule has 0 saturated carbocycles. The first-order valence-electron chi connectivity index (χ1n) is 5.15. The second kappa shape index (κ2) is 4.38. The topological polar surface area (TPSA) is 39.4 Å². The first kappa shape index (κ1) is 11.2. The molecule has 0 N–H and O–H groups in total. The molecule has 0 saturated heterocycles. The number of benzene rings is 1. The van der Waals surface area contributed by atoms with Gasteiger partial charge in [0.15, 0.2) is 0 Å². The van der Waals surface area contributed by atoms with Gasteiger partial charge in [-0.25, -0.2) is 14.4 Å². The minimum Gasteiger partial charge on any atom is -0.436 e. The molecule has 2 aromatic heterocycles. The lowest BCUT2D eigenvalue weighted by atomic mass is 10.3. The number of ether oxygens (including phenoxy) is 1. The summed E-state index contributed by atoms with van der Waals surface area (Å²) in [6.07, 6.45) is 5.18. The number of rotatable bonds is 2. The molecule has 3 aromatic rings. The zero-order valence-corrected chi connectivity index (χ0v) is 10.6. The molecule has 0 spiro atoms. The largest absolute Gasteiger partial charge is 0.436 e. The second-order valence-electron chi connectivity index (χ2n) is 3.59. The van der Waals surface area contributed by atoms with Gasteiger partial charge in [-0.05, 0) is 28.1 Å². The fourth-order valence-corrected chi connectivity index (χ4v) is 1.97. The summed E-state index contributed by atoms with van der Waals surface area (Å²) in [5.41, 5.74) is 0.572. The number of hydrogen-bond acceptors (Lipinski definition) is 3. The summed E-state index contributed by atoms with van der Waals surface area (Å²) in [4.78, 5) is 8.33. The zero-order chi connectivity index (χ0) is 12.5. The molecule has 0 unspecified atom stereocenters. The molecule has 0 aliphatic carbocycles. The van der Waals surface area contributed by atoms with Gasteiger partial charge < -0.3 is 4.74 Å². The highest BCUT2D eigenvalue weighted by molar-refractivity contribution is 9.10. The van der Waals surface area contributed by atoms with Crippen molar-refractivity contribution in [3.63, 3.8) is 0 Å². The van der Waals surface area contributed by atoms with Crippen molar-refractivity contribution in [2.45, 2.75) is 0 Å². The zero-order valence-electron chi connectivity index (χ0n) is 9.05. The van der Waals surface area contributed by atoms with E-state index in [2.05, 4.69) is 25.9 Å². The molecular weight excluding hydrogens is 301 g/mol. The van der Waals surface area contributed by atoms with Crippen molar-refractivity contribution in [2.24, 2.45) is 0 Å². The highest BCUT2D eigenvalue weighted by Crippen LogP contribution is 2.25. The maximum Gasteiger partial charge on any atom is 0.264 e. The van der Waals surface area contributed by atoms with E-state index in [4.69, 9.17) is 4.74 Å². The number of fused-ring (bicyclic) bond motifs is 1. The number of nitrogens with zero attached hydrogens (tertiary/aromatic N) is 3. The Kier molecular flexibility index (Phi) is 2.71. The van der Waals surface area contributed by atoms with Gasteiger partial charge in [0.25, 0.3) is 5.88 Å². The van der Waals surface area contributed by atoms with E-state index in [1.165, 1.54) is 12.1 Å². The van der Waals surface area contributed by atoms with Crippen molar-refractivity contribution in [3.8, 4) is 11.6 Å². The molecular formula is C12H7BrFN3O. The predicted octanol–water partition coefficient (Wildman–Crippen LogP) is 3.42. The van der Waals surface area contributed by atoms with Crippen molar-refractivity contribution in [1.29, 1.82) is 0 Å². The van der Waals surface area contributed by atoms with Gasteiger partial charge in [0, 0.05) is 24.7 Å². The van der Waals surface area contributed by atoms with Gasteiger partial charge in [-0.3, -0.25) is 4.40 Å². The summed E-state index contributed by atoms with van der Waals surface area (Å²) in [5, 5.41) is 0. The summed E-state index contributed by atoms with van der Waals surface area (Å²) in [6.45, 7) is 0. The number of imidazole rings is 1. The molecule has 90 valence electrons. The van der Waals surface area contributed by atoms with Crippen LogP contribution in [0.4, 0.5) is 4.39 Å². The summed E-state index contributed by atoms with van der Waals surface area (Å²) in [6, 6.07) is 5.88. The third kappa shape index (κ3) is 2.06. The molecule has 0 atom stereocenters. The molecule has 0 aliphatic rings. The van der Waals surface area contributed by atoms with Crippen LogP contribution < -0.4 is 4.74 Å². The Morgan fingerprint density at radius 3 is 3.06 bits per heavy atom. The molecule has 1 aromatic carbocycles. The normalized spacial score (nSPS) is 10.8. The maximum absolute atomic E-state index is 13.1.